The minimum Gasteiger partial charge on any atom is -0.543 e. The zero-order chi connectivity index (χ0) is 13.1. The van der Waals surface area contributed by atoms with Crippen molar-refractivity contribution in [1.82, 2.24) is 14.7 Å². The Kier molecular flexibility index (Phi) is 4.24. The van der Waals surface area contributed by atoms with Gasteiger partial charge >= 0.3 is 0 Å². The number of carbonyl (C=O) groups is 1. The molecule has 0 aliphatic carbocycles. The van der Waals surface area contributed by atoms with E-state index in [1.54, 1.807) is 4.68 Å². The van der Waals surface area contributed by atoms with Gasteiger partial charge < -0.3 is 14.8 Å². The molecule has 0 radical (unpaired) electrons. The molecule has 1 aliphatic heterocycles. The Hall–Kier alpha value is -1.07. The number of aromatic nitrogens is 2. The van der Waals surface area contributed by atoms with E-state index in [4.69, 9.17) is 11.6 Å². The van der Waals surface area contributed by atoms with Gasteiger partial charge in [0.15, 0.2) is 0 Å². The van der Waals surface area contributed by atoms with Gasteiger partial charge in [0.05, 0.1) is 5.97 Å². The van der Waals surface area contributed by atoms with Crippen molar-refractivity contribution in [2.24, 2.45) is 5.92 Å². The number of hydrogen-bond acceptors (Lipinski definition) is 4. The number of carbonyl (C=O) groups excluding carboxylic acids is 1. The minimum atomic E-state index is -1.28. The van der Waals surface area contributed by atoms with Crippen LogP contribution in [0.25, 0.3) is 0 Å². The molecule has 1 fully saturated rings. The number of nitrogens with zero attached hydrogens (tertiary/aromatic N) is 3. The molecule has 100 valence electrons. The van der Waals surface area contributed by atoms with Crippen molar-refractivity contribution in [3.05, 3.63) is 16.9 Å². The summed E-state index contributed by atoms with van der Waals surface area (Å²) in [7, 11) is 2.13. The number of carboxylic acids is 1. The lowest BCUT2D eigenvalue weighted by Crippen LogP contribution is -2.30. The van der Waals surface area contributed by atoms with Crippen LogP contribution >= 0.6 is 11.6 Å². The number of piperidine rings is 1. The van der Waals surface area contributed by atoms with Gasteiger partial charge in [-0.1, -0.05) is 11.6 Å². The van der Waals surface area contributed by atoms with Gasteiger partial charge in [0.2, 0.25) is 0 Å². The molecule has 0 N–H and O–H groups in total. The average Bonchev–Trinajstić information content (AvgIpc) is 2.70. The molecule has 2 rings (SSSR count). The summed E-state index contributed by atoms with van der Waals surface area (Å²) in [5.41, 5.74) is -0.0941. The fraction of sp³-hybridized carbons (Fsp3) is 0.667. The summed E-state index contributed by atoms with van der Waals surface area (Å²) in [4.78, 5) is 13.0. The first kappa shape index (κ1) is 13.4. The predicted octanol–water partition coefficient (Wildman–Crippen LogP) is 0.632. The Morgan fingerprint density at radius 1 is 1.56 bits per heavy atom. The van der Waals surface area contributed by atoms with E-state index in [0.717, 1.165) is 19.5 Å². The van der Waals surface area contributed by atoms with Crippen molar-refractivity contribution < 1.29 is 9.90 Å². The molecule has 1 aromatic rings. The quantitative estimate of drug-likeness (QED) is 0.805. The standard InChI is InChI=1S/C12H18ClN3O2/c1-15-5-2-9(3-6-15)4-7-16-11(13)8-10(14-16)12(17)18/h8-9H,2-7H2,1H3,(H,17,18)/p-1. The summed E-state index contributed by atoms with van der Waals surface area (Å²) in [6.07, 6.45) is 3.35. The first-order valence-electron chi connectivity index (χ1n) is 6.19. The maximum Gasteiger partial charge on any atom is 0.127 e. The second-order valence-corrected chi connectivity index (χ2v) is 5.29. The van der Waals surface area contributed by atoms with Crippen LogP contribution in [-0.2, 0) is 6.54 Å². The second kappa shape index (κ2) is 5.71. The summed E-state index contributed by atoms with van der Waals surface area (Å²) < 4.78 is 1.55. The normalized spacial score (nSPS) is 18.1. The Morgan fingerprint density at radius 3 is 2.78 bits per heavy atom. The molecular formula is C12H17ClN3O2-. The third-order valence-electron chi connectivity index (χ3n) is 3.53. The number of rotatable bonds is 4. The van der Waals surface area contributed by atoms with E-state index in [-0.39, 0.29) is 5.69 Å². The third kappa shape index (κ3) is 3.23. The molecular weight excluding hydrogens is 254 g/mol. The lowest BCUT2D eigenvalue weighted by atomic mass is 9.94. The van der Waals surface area contributed by atoms with Crippen LogP contribution in [0.15, 0.2) is 6.07 Å². The van der Waals surface area contributed by atoms with Crippen LogP contribution in [-0.4, -0.2) is 40.8 Å². The van der Waals surface area contributed by atoms with Crippen molar-refractivity contribution in [2.45, 2.75) is 25.8 Å². The molecule has 2 heterocycles. The molecule has 18 heavy (non-hydrogen) atoms. The number of aromatic carboxylic acids is 1. The van der Waals surface area contributed by atoms with Crippen LogP contribution in [0.4, 0.5) is 0 Å². The van der Waals surface area contributed by atoms with Gasteiger partial charge in [-0.3, -0.25) is 4.68 Å². The zero-order valence-electron chi connectivity index (χ0n) is 10.4. The van der Waals surface area contributed by atoms with Crippen molar-refractivity contribution in [2.75, 3.05) is 20.1 Å². The van der Waals surface area contributed by atoms with Gasteiger partial charge in [-0.2, -0.15) is 5.10 Å². The molecule has 1 aliphatic rings. The lowest BCUT2D eigenvalue weighted by molar-refractivity contribution is -0.255. The highest BCUT2D eigenvalue weighted by Crippen LogP contribution is 2.21. The van der Waals surface area contributed by atoms with Gasteiger partial charge in [0.1, 0.15) is 10.8 Å². The predicted molar refractivity (Wildman–Crippen MR) is 66.4 cm³/mol. The SMILES string of the molecule is CN1CCC(CCn2nc(C(=O)[O-])cc2Cl)CC1. The largest absolute Gasteiger partial charge is 0.543 e. The van der Waals surface area contributed by atoms with Crippen LogP contribution in [0.5, 0.6) is 0 Å². The van der Waals surface area contributed by atoms with Gasteiger partial charge in [0, 0.05) is 12.6 Å². The first-order chi connectivity index (χ1) is 8.56. The summed E-state index contributed by atoms with van der Waals surface area (Å²) in [5, 5.41) is 14.9. The minimum absolute atomic E-state index is 0.0941. The molecule has 1 aromatic heterocycles. The molecule has 1 saturated heterocycles. The van der Waals surface area contributed by atoms with Crippen molar-refractivity contribution in [1.29, 1.82) is 0 Å². The number of halogens is 1. The van der Waals surface area contributed by atoms with Gasteiger partial charge in [-0.25, -0.2) is 0 Å². The Morgan fingerprint density at radius 2 is 2.22 bits per heavy atom. The van der Waals surface area contributed by atoms with E-state index in [1.807, 2.05) is 0 Å². The van der Waals surface area contributed by atoms with Crippen LogP contribution in [0.2, 0.25) is 5.15 Å². The Bertz CT molecular complexity index is 425. The second-order valence-electron chi connectivity index (χ2n) is 4.90. The molecule has 6 heteroatoms. The maximum atomic E-state index is 10.7. The van der Waals surface area contributed by atoms with Crippen LogP contribution in [0, 0.1) is 5.92 Å². The molecule has 0 atom stereocenters. The Balaban J connectivity index is 1.88. The summed E-state index contributed by atoms with van der Waals surface area (Å²) in [5.74, 6) is -0.609. The lowest BCUT2D eigenvalue weighted by Gasteiger charge is -2.28. The smallest absolute Gasteiger partial charge is 0.127 e. The van der Waals surface area contributed by atoms with Gasteiger partial charge in [-0.15, -0.1) is 0 Å². The zero-order valence-corrected chi connectivity index (χ0v) is 11.2. The van der Waals surface area contributed by atoms with Crippen molar-refractivity contribution in [3.8, 4) is 0 Å². The van der Waals surface area contributed by atoms with Crippen LogP contribution < -0.4 is 5.11 Å². The van der Waals surface area contributed by atoms with Crippen LogP contribution in [0.1, 0.15) is 29.8 Å². The molecule has 0 saturated carbocycles. The average molecular weight is 271 g/mol. The molecule has 0 aromatic carbocycles. The van der Waals surface area contributed by atoms with E-state index >= 15 is 0 Å². The fourth-order valence-electron chi connectivity index (χ4n) is 2.31. The molecule has 0 amide bonds. The summed E-state index contributed by atoms with van der Waals surface area (Å²) in [6.45, 7) is 2.92. The van der Waals surface area contributed by atoms with Crippen molar-refractivity contribution >= 4 is 17.6 Å². The third-order valence-corrected chi connectivity index (χ3v) is 3.83. The van der Waals surface area contributed by atoms with E-state index < -0.39 is 5.97 Å². The molecule has 5 nitrogen and oxygen atoms in total. The topological polar surface area (TPSA) is 61.2 Å². The maximum absolute atomic E-state index is 10.7. The van der Waals surface area contributed by atoms with Gasteiger partial charge in [-0.05, 0) is 45.3 Å². The molecule has 0 spiro atoms. The van der Waals surface area contributed by atoms with E-state index in [2.05, 4.69) is 17.0 Å². The van der Waals surface area contributed by atoms with Crippen molar-refractivity contribution in [3.63, 3.8) is 0 Å². The highest BCUT2D eigenvalue weighted by atomic mass is 35.5. The number of aryl methyl sites for hydroxylation is 1. The van der Waals surface area contributed by atoms with Crippen LogP contribution in [0.3, 0.4) is 0 Å². The van der Waals surface area contributed by atoms with E-state index in [1.165, 1.54) is 18.9 Å². The number of likely N-dealkylation sites (tertiary alicyclic amines) is 1. The van der Waals surface area contributed by atoms with E-state index in [9.17, 15) is 9.90 Å². The summed E-state index contributed by atoms with van der Waals surface area (Å²) in [6, 6.07) is 1.34. The Labute approximate surface area is 111 Å². The highest BCUT2D eigenvalue weighted by Gasteiger charge is 2.17. The number of carboxylic acid groups (broad SMARTS) is 1. The fourth-order valence-corrected chi connectivity index (χ4v) is 2.53. The molecule has 0 bridgehead atoms. The monoisotopic (exact) mass is 270 g/mol. The van der Waals surface area contributed by atoms with Gasteiger partial charge in [0.25, 0.3) is 0 Å². The van der Waals surface area contributed by atoms with E-state index in [0.29, 0.717) is 17.6 Å². The molecule has 0 unspecified atom stereocenters. The first-order valence-corrected chi connectivity index (χ1v) is 6.57. The highest BCUT2D eigenvalue weighted by molar-refractivity contribution is 6.29. The number of hydrogen-bond donors (Lipinski definition) is 0. The summed E-state index contributed by atoms with van der Waals surface area (Å²) >= 11 is 5.93.